The van der Waals surface area contributed by atoms with Gasteiger partial charge in [-0.1, -0.05) is 19.9 Å². The average Bonchev–Trinajstić information content (AvgIpc) is 3.47. The maximum absolute atomic E-state index is 13.1. The Kier molecular flexibility index (Phi) is 6.21. The van der Waals surface area contributed by atoms with Crippen molar-refractivity contribution in [1.82, 2.24) is 24.4 Å². The predicted octanol–water partition coefficient (Wildman–Crippen LogP) is 3.52. The van der Waals surface area contributed by atoms with Gasteiger partial charge in [-0.25, -0.2) is 9.97 Å². The van der Waals surface area contributed by atoms with E-state index in [0.29, 0.717) is 35.4 Å². The molecule has 1 aromatic carbocycles. The highest BCUT2D eigenvalue weighted by atomic mass is 32.2. The van der Waals surface area contributed by atoms with Crippen LogP contribution in [0.4, 0.5) is 0 Å². The van der Waals surface area contributed by atoms with E-state index in [2.05, 4.69) is 34.9 Å². The number of rotatable bonds is 5. The molecule has 3 aromatic heterocycles. The van der Waals surface area contributed by atoms with Gasteiger partial charge in [-0.2, -0.15) is 0 Å². The largest absolute Gasteiger partial charge is 0.337 e. The number of fused-ring (bicyclic) bond motifs is 1. The van der Waals surface area contributed by atoms with Crippen LogP contribution in [0.15, 0.2) is 60.0 Å². The molecule has 0 spiro atoms. The number of benzene rings is 1. The van der Waals surface area contributed by atoms with E-state index in [1.807, 2.05) is 18.2 Å². The molecule has 2 N–H and O–H groups in total. The third kappa shape index (κ3) is 4.49. The average molecular weight is 489 g/mol. The van der Waals surface area contributed by atoms with E-state index >= 15 is 0 Å². The smallest absolute Gasteiger partial charge is 0.253 e. The zero-order valence-electron chi connectivity index (χ0n) is 20.0. The summed E-state index contributed by atoms with van der Waals surface area (Å²) in [6, 6.07) is 9.53. The van der Waals surface area contributed by atoms with Crippen LogP contribution < -0.4 is 5.73 Å². The molecule has 35 heavy (non-hydrogen) atoms. The zero-order chi connectivity index (χ0) is 24.7. The van der Waals surface area contributed by atoms with Crippen LogP contribution in [0.2, 0.25) is 0 Å². The molecule has 0 radical (unpaired) electrons. The second-order valence-corrected chi connectivity index (χ2v) is 10.6. The molecule has 0 aliphatic carbocycles. The van der Waals surface area contributed by atoms with Crippen molar-refractivity contribution in [2.75, 3.05) is 19.3 Å². The molecule has 9 heteroatoms. The van der Waals surface area contributed by atoms with Crippen LogP contribution in [-0.4, -0.2) is 59.9 Å². The van der Waals surface area contributed by atoms with Gasteiger partial charge in [0.2, 0.25) is 5.95 Å². The zero-order valence-corrected chi connectivity index (χ0v) is 20.8. The third-order valence-corrected chi connectivity index (χ3v) is 7.38. The van der Waals surface area contributed by atoms with Crippen LogP contribution in [0, 0.1) is 0 Å². The summed E-state index contributed by atoms with van der Waals surface area (Å²) in [4.78, 5) is 29.2. The van der Waals surface area contributed by atoms with Crippen molar-refractivity contribution >= 4 is 27.6 Å². The summed E-state index contributed by atoms with van der Waals surface area (Å²) in [5.41, 5.74) is 10.1. The van der Waals surface area contributed by atoms with Gasteiger partial charge >= 0.3 is 0 Å². The molecular weight excluding hydrogens is 460 g/mol. The first-order chi connectivity index (χ1) is 16.8. The molecule has 1 aliphatic heterocycles. The fraction of sp³-hybridized carbons (Fsp3) is 0.308. The highest BCUT2D eigenvalue weighted by molar-refractivity contribution is 7.84. The lowest BCUT2D eigenvalue weighted by Crippen LogP contribution is -2.31. The second-order valence-electron chi connectivity index (χ2n) is 9.25. The quantitative estimate of drug-likeness (QED) is 0.461. The minimum absolute atomic E-state index is 0.0169. The number of carbonyl (C=O) groups excluding carboxylic acids is 1. The summed E-state index contributed by atoms with van der Waals surface area (Å²) < 4.78 is 14.2. The number of amides is 1. The molecule has 2 unspecified atom stereocenters. The lowest BCUT2D eigenvalue weighted by molar-refractivity contribution is 0.0791. The first-order valence-electron chi connectivity index (χ1n) is 11.6. The minimum Gasteiger partial charge on any atom is -0.337 e. The molecule has 2 atom stereocenters. The van der Waals surface area contributed by atoms with Crippen molar-refractivity contribution in [3.63, 3.8) is 0 Å². The van der Waals surface area contributed by atoms with Crippen LogP contribution in [0.5, 0.6) is 0 Å². The Morgan fingerprint density at radius 2 is 1.91 bits per heavy atom. The summed E-state index contributed by atoms with van der Waals surface area (Å²) >= 11 is 0. The van der Waals surface area contributed by atoms with Gasteiger partial charge in [0.05, 0.1) is 26.9 Å². The number of hydrogen-bond donors (Lipinski definition) is 1. The number of nitrogens with zero attached hydrogens (tertiary/aromatic N) is 5. The summed E-state index contributed by atoms with van der Waals surface area (Å²) in [6.45, 7) is 5.49. The van der Waals surface area contributed by atoms with E-state index in [1.54, 1.807) is 46.6 Å². The number of pyridine rings is 1. The van der Waals surface area contributed by atoms with Crippen molar-refractivity contribution in [3.8, 4) is 17.2 Å². The summed E-state index contributed by atoms with van der Waals surface area (Å²) in [7, 11) is -1.22. The molecule has 1 fully saturated rings. The Morgan fingerprint density at radius 3 is 2.57 bits per heavy atom. The topological polar surface area (TPSA) is 107 Å². The van der Waals surface area contributed by atoms with E-state index in [9.17, 15) is 9.00 Å². The molecule has 1 amide bonds. The fourth-order valence-electron chi connectivity index (χ4n) is 4.42. The molecule has 180 valence electrons. The van der Waals surface area contributed by atoms with Crippen molar-refractivity contribution in [2.24, 2.45) is 5.73 Å². The van der Waals surface area contributed by atoms with Gasteiger partial charge < -0.3 is 10.6 Å². The van der Waals surface area contributed by atoms with E-state index < -0.39 is 10.8 Å². The molecule has 0 bridgehead atoms. The normalized spacial score (nSPS) is 16.8. The van der Waals surface area contributed by atoms with Crippen LogP contribution >= 0.6 is 0 Å². The number of carbonyl (C=O) groups is 1. The molecule has 4 aromatic rings. The maximum atomic E-state index is 13.1. The van der Waals surface area contributed by atoms with Crippen LogP contribution in [0.1, 0.15) is 42.1 Å². The van der Waals surface area contributed by atoms with Gasteiger partial charge in [-0.3, -0.25) is 18.6 Å². The molecule has 1 saturated heterocycles. The maximum Gasteiger partial charge on any atom is 0.253 e. The number of aromatic nitrogens is 4. The summed E-state index contributed by atoms with van der Waals surface area (Å²) in [5, 5.41) is 0.805. The first-order valence-corrected chi connectivity index (χ1v) is 13.2. The minimum atomic E-state index is -1.22. The van der Waals surface area contributed by atoms with Gasteiger partial charge in [0, 0.05) is 66.7 Å². The summed E-state index contributed by atoms with van der Waals surface area (Å²) in [5.74, 6) is 0.770. The summed E-state index contributed by atoms with van der Waals surface area (Å²) in [6.07, 6.45) is 9.51. The number of likely N-dealkylation sites (tertiary alicyclic amines) is 1. The molecule has 8 nitrogen and oxygen atoms in total. The van der Waals surface area contributed by atoms with Crippen molar-refractivity contribution in [1.29, 1.82) is 0 Å². The van der Waals surface area contributed by atoms with E-state index in [-0.39, 0.29) is 11.9 Å². The lowest BCUT2D eigenvalue weighted by Gasteiger charge is -2.16. The monoisotopic (exact) mass is 488 g/mol. The van der Waals surface area contributed by atoms with Gasteiger partial charge in [-0.15, -0.1) is 0 Å². The van der Waals surface area contributed by atoms with Crippen molar-refractivity contribution in [3.05, 3.63) is 66.2 Å². The molecule has 1 aliphatic rings. The molecule has 0 saturated carbocycles. The van der Waals surface area contributed by atoms with Crippen LogP contribution in [0.25, 0.3) is 28.1 Å². The van der Waals surface area contributed by atoms with Crippen LogP contribution in [-0.2, 0) is 10.8 Å². The van der Waals surface area contributed by atoms with Crippen LogP contribution in [0.3, 0.4) is 0 Å². The third-order valence-electron chi connectivity index (χ3n) is 6.44. The first kappa shape index (κ1) is 23.3. The predicted molar refractivity (Wildman–Crippen MR) is 137 cm³/mol. The second kappa shape index (κ2) is 9.31. The molecule has 4 heterocycles. The van der Waals surface area contributed by atoms with E-state index in [0.717, 1.165) is 28.6 Å². The van der Waals surface area contributed by atoms with E-state index in [1.165, 1.54) is 5.56 Å². The highest BCUT2D eigenvalue weighted by Crippen LogP contribution is 2.28. The van der Waals surface area contributed by atoms with Gasteiger partial charge in [0.1, 0.15) is 0 Å². The fourth-order valence-corrected chi connectivity index (χ4v) is 5.16. The molecule has 5 rings (SSSR count). The Bertz CT molecular complexity index is 1430. The Morgan fingerprint density at radius 1 is 1.14 bits per heavy atom. The molecular formula is C26H28N6O2S. The Balaban J connectivity index is 1.54. The van der Waals surface area contributed by atoms with Crippen molar-refractivity contribution in [2.45, 2.75) is 37.1 Å². The van der Waals surface area contributed by atoms with Gasteiger partial charge in [0.15, 0.2) is 0 Å². The standard InChI is InChI=1S/C26H28N6O2S/c1-16(2)17-6-8-28-22(10-17)19-12-29-26(30-13-19)32-15-24(35(3)34)21-5-4-18(11-23(21)32)25(33)31-9-7-20(27)14-31/h4-6,8,10-13,15-16,20H,7,9,14,27H2,1-3H3. The van der Waals surface area contributed by atoms with Gasteiger partial charge in [-0.05, 0) is 42.2 Å². The SMILES string of the molecule is CC(C)c1ccnc(-c2cnc(-n3cc(S(C)=O)c4ccc(C(=O)N5CCC(N)C5)cc43)nc2)c1. The van der Waals surface area contributed by atoms with Crippen molar-refractivity contribution < 1.29 is 9.00 Å². The highest BCUT2D eigenvalue weighted by Gasteiger charge is 2.25. The number of hydrogen-bond acceptors (Lipinski definition) is 6. The Hall–Kier alpha value is -3.43. The lowest BCUT2D eigenvalue weighted by atomic mass is 10.0. The Labute approximate surface area is 206 Å². The number of nitrogens with two attached hydrogens (primary N) is 1. The van der Waals surface area contributed by atoms with E-state index in [4.69, 9.17) is 5.73 Å². The van der Waals surface area contributed by atoms with Gasteiger partial charge in [0.25, 0.3) is 5.91 Å².